The summed E-state index contributed by atoms with van der Waals surface area (Å²) in [7, 11) is 0. The molecular formula is C20H16N2O2S. The summed E-state index contributed by atoms with van der Waals surface area (Å²) >= 11 is 1.39. The smallest absolute Gasteiger partial charge is 0.266 e. The van der Waals surface area contributed by atoms with E-state index in [4.69, 9.17) is 0 Å². The van der Waals surface area contributed by atoms with Crippen molar-refractivity contribution in [3.8, 4) is 0 Å². The van der Waals surface area contributed by atoms with Gasteiger partial charge in [-0.1, -0.05) is 42.5 Å². The summed E-state index contributed by atoms with van der Waals surface area (Å²) in [6.45, 7) is 3.76. The first kappa shape index (κ1) is 15.7. The second-order valence-electron chi connectivity index (χ2n) is 6.03. The van der Waals surface area contributed by atoms with E-state index in [1.54, 1.807) is 10.6 Å². The molecular weight excluding hydrogens is 332 g/mol. The second-order valence-corrected chi connectivity index (χ2v) is 7.06. The third-order valence-corrected chi connectivity index (χ3v) is 5.56. The molecule has 0 N–H and O–H groups in total. The minimum absolute atomic E-state index is 0.178. The number of nitrogens with zero attached hydrogens (tertiary/aromatic N) is 2. The highest BCUT2D eigenvalue weighted by Crippen LogP contribution is 2.23. The van der Waals surface area contributed by atoms with Gasteiger partial charge in [0.1, 0.15) is 16.0 Å². The van der Waals surface area contributed by atoms with Gasteiger partial charge in [0.05, 0.1) is 6.04 Å². The normalized spacial score (nSPS) is 12.6. The van der Waals surface area contributed by atoms with Crippen LogP contribution in [0.5, 0.6) is 0 Å². The minimum atomic E-state index is -0.272. The van der Waals surface area contributed by atoms with Crippen molar-refractivity contribution in [1.82, 2.24) is 9.55 Å². The fourth-order valence-electron chi connectivity index (χ4n) is 3.20. The Morgan fingerprint density at radius 2 is 1.68 bits per heavy atom. The fourth-order valence-corrected chi connectivity index (χ4v) is 4.29. The van der Waals surface area contributed by atoms with Gasteiger partial charge in [0.2, 0.25) is 5.43 Å². The molecule has 124 valence electrons. The average Bonchev–Trinajstić information content (AvgIpc) is 2.62. The summed E-state index contributed by atoms with van der Waals surface area (Å²) in [5, 5.41) is 0.749. The Morgan fingerprint density at radius 1 is 1.00 bits per heavy atom. The summed E-state index contributed by atoms with van der Waals surface area (Å²) in [5.74, 6) is 0.611. The zero-order valence-corrected chi connectivity index (χ0v) is 14.7. The Hall–Kier alpha value is -2.79. The SMILES string of the molecule is Cc1nc2sc3ccccc3c(=O)c2c(=O)n1[C@@H](C)c1ccccc1. The standard InChI is InChI=1S/C20H16N2O2S/c1-12(14-8-4-3-5-9-14)22-13(2)21-19-17(20(22)24)18(23)15-10-6-7-11-16(15)25-19/h3-12H,1-2H3/t12-/m0/s1. The van der Waals surface area contributed by atoms with Gasteiger partial charge in [0.15, 0.2) is 0 Å². The number of hydrogen-bond donors (Lipinski definition) is 0. The molecule has 0 saturated heterocycles. The van der Waals surface area contributed by atoms with Gasteiger partial charge in [-0.3, -0.25) is 14.2 Å². The zero-order valence-electron chi connectivity index (χ0n) is 13.9. The molecule has 0 unspecified atom stereocenters. The van der Waals surface area contributed by atoms with Crippen molar-refractivity contribution in [2.75, 3.05) is 0 Å². The molecule has 0 spiro atoms. The summed E-state index contributed by atoms with van der Waals surface area (Å²) in [6, 6.07) is 16.9. The minimum Gasteiger partial charge on any atom is -0.289 e. The van der Waals surface area contributed by atoms with Crippen LogP contribution in [0.2, 0.25) is 0 Å². The van der Waals surface area contributed by atoms with E-state index < -0.39 is 0 Å². The van der Waals surface area contributed by atoms with Crippen molar-refractivity contribution in [3.63, 3.8) is 0 Å². The maximum atomic E-state index is 13.2. The second kappa shape index (κ2) is 5.93. The van der Waals surface area contributed by atoms with Gasteiger partial charge < -0.3 is 0 Å². The summed E-state index contributed by atoms with van der Waals surface area (Å²) in [5.41, 5.74) is 0.493. The Kier molecular flexibility index (Phi) is 3.73. The molecule has 0 aliphatic carbocycles. The summed E-state index contributed by atoms with van der Waals surface area (Å²) in [4.78, 5) is 31.1. The molecule has 4 nitrogen and oxygen atoms in total. The molecule has 0 saturated carbocycles. The number of benzene rings is 2. The molecule has 0 aliphatic rings. The van der Waals surface area contributed by atoms with Gasteiger partial charge in [-0.25, -0.2) is 4.98 Å². The molecule has 0 fully saturated rings. The van der Waals surface area contributed by atoms with Crippen LogP contribution in [0, 0.1) is 6.92 Å². The van der Waals surface area contributed by atoms with Gasteiger partial charge in [-0.05, 0) is 31.5 Å². The first-order valence-electron chi connectivity index (χ1n) is 8.07. The molecule has 4 aromatic rings. The van der Waals surface area contributed by atoms with Crippen LogP contribution < -0.4 is 11.0 Å². The quantitative estimate of drug-likeness (QED) is 0.517. The lowest BCUT2D eigenvalue weighted by Gasteiger charge is -2.18. The lowest BCUT2D eigenvalue weighted by Crippen LogP contribution is -2.30. The van der Waals surface area contributed by atoms with Crippen LogP contribution in [-0.2, 0) is 0 Å². The zero-order chi connectivity index (χ0) is 17.6. The molecule has 2 aromatic carbocycles. The largest absolute Gasteiger partial charge is 0.289 e. The van der Waals surface area contributed by atoms with Crippen LogP contribution in [0.3, 0.4) is 0 Å². The monoisotopic (exact) mass is 348 g/mol. The maximum absolute atomic E-state index is 13.2. The molecule has 0 amide bonds. The van der Waals surface area contributed by atoms with Crippen molar-refractivity contribution in [2.24, 2.45) is 0 Å². The summed E-state index contributed by atoms with van der Waals surface area (Å²) < 4.78 is 2.46. The predicted molar refractivity (Wildman–Crippen MR) is 103 cm³/mol. The van der Waals surface area contributed by atoms with Gasteiger partial charge in [0, 0.05) is 10.1 Å². The van der Waals surface area contributed by atoms with Gasteiger partial charge in [-0.2, -0.15) is 0 Å². The van der Waals surface area contributed by atoms with Gasteiger partial charge >= 0.3 is 0 Å². The third kappa shape index (κ3) is 2.48. The molecule has 1 atom stereocenters. The van der Waals surface area contributed by atoms with Gasteiger partial charge in [-0.15, -0.1) is 11.3 Å². The number of fused-ring (bicyclic) bond motifs is 2. The van der Waals surface area contributed by atoms with E-state index in [0.717, 1.165) is 10.3 Å². The van der Waals surface area contributed by atoms with Crippen molar-refractivity contribution >= 4 is 31.6 Å². The van der Waals surface area contributed by atoms with E-state index in [0.29, 0.717) is 16.0 Å². The van der Waals surface area contributed by atoms with Gasteiger partial charge in [0.25, 0.3) is 5.56 Å². The van der Waals surface area contributed by atoms with E-state index in [2.05, 4.69) is 4.98 Å². The first-order chi connectivity index (χ1) is 12.1. The van der Waals surface area contributed by atoms with E-state index in [1.165, 1.54) is 11.3 Å². The van der Waals surface area contributed by atoms with Crippen molar-refractivity contribution in [3.05, 3.63) is 86.6 Å². The molecule has 0 bridgehead atoms. The molecule has 0 radical (unpaired) electrons. The van der Waals surface area contributed by atoms with E-state index in [9.17, 15) is 9.59 Å². The predicted octanol–water partition coefficient (Wildman–Crippen LogP) is 3.89. The van der Waals surface area contributed by atoms with E-state index >= 15 is 0 Å². The lowest BCUT2D eigenvalue weighted by molar-refractivity contribution is 0.588. The summed E-state index contributed by atoms with van der Waals surface area (Å²) in [6.07, 6.45) is 0. The topological polar surface area (TPSA) is 52.0 Å². The van der Waals surface area contributed by atoms with E-state index in [-0.39, 0.29) is 22.4 Å². The highest BCUT2D eigenvalue weighted by molar-refractivity contribution is 7.24. The van der Waals surface area contributed by atoms with Crippen LogP contribution in [0.25, 0.3) is 20.3 Å². The average molecular weight is 348 g/mol. The molecule has 4 rings (SSSR count). The highest BCUT2D eigenvalue weighted by Gasteiger charge is 2.18. The number of rotatable bonds is 2. The number of aromatic nitrogens is 2. The maximum Gasteiger partial charge on any atom is 0.266 e. The molecule has 0 aliphatic heterocycles. The third-order valence-electron chi connectivity index (χ3n) is 4.49. The highest BCUT2D eigenvalue weighted by atomic mass is 32.1. The number of hydrogen-bond acceptors (Lipinski definition) is 4. The number of aryl methyl sites for hydroxylation is 1. The van der Waals surface area contributed by atoms with Crippen LogP contribution in [0.15, 0.2) is 64.2 Å². The van der Waals surface area contributed by atoms with Crippen molar-refractivity contribution in [1.29, 1.82) is 0 Å². The molecule has 2 aromatic heterocycles. The van der Waals surface area contributed by atoms with Crippen LogP contribution in [0.4, 0.5) is 0 Å². The van der Waals surface area contributed by atoms with Crippen molar-refractivity contribution in [2.45, 2.75) is 19.9 Å². The first-order valence-corrected chi connectivity index (χ1v) is 8.89. The Bertz CT molecular complexity index is 1210. The van der Waals surface area contributed by atoms with Crippen molar-refractivity contribution < 1.29 is 0 Å². The Balaban J connectivity index is 2.07. The van der Waals surface area contributed by atoms with Crippen LogP contribution in [-0.4, -0.2) is 9.55 Å². The molecule has 2 heterocycles. The molecule has 25 heavy (non-hydrogen) atoms. The van der Waals surface area contributed by atoms with Crippen LogP contribution in [0.1, 0.15) is 24.4 Å². The Labute approximate surface area is 148 Å². The lowest BCUT2D eigenvalue weighted by atomic mass is 10.1. The van der Waals surface area contributed by atoms with E-state index in [1.807, 2.05) is 62.4 Å². The van der Waals surface area contributed by atoms with Crippen LogP contribution >= 0.6 is 11.3 Å². The Morgan fingerprint density at radius 3 is 2.44 bits per heavy atom. The molecule has 5 heteroatoms. The fraction of sp³-hybridized carbons (Fsp3) is 0.150.